The highest BCUT2D eigenvalue weighted by atomic mass is 16.4. The van der Waals surface area contributed by atoms with Crippen molar-refractivity contribution in [3.05, 3.63) is 17.9 Å². The van der Waals surface area contributed by atoms with Gasteiger partial charge in [0.15, 0.2) is 5.88 Å². The zero-order chi connectivity index (χ0) is 10.7. The molecule has 0 spiro atoms. The summed E-state index contributed by atoms with van der Waals surface area (Å²) in [6, 6.07) is 4.11. The van der Waals surface area contributed by atoms with Crippen LogP contribution in [0.5, 0.6) is 0 Å². The van der Waals surface area contributed by atoms with E-state index in [0.717, 1.165) is 37.1 Å². The largest absolute Gasteiger partial charge is 0.446 e. The number of nitrogens with two attached hydrogens (primary N) is 1. The van der Waals surface area contributed by atoms with Gasteiger partial charge in [-0.2, -0.15) is 0 Å². The third kappa shape index (κ3) is 2.53. The monoisotopic (exact) mass is 208 g/mol. The molecule has 3 nitrogen and oxygen atoms in total. The first-order valence-corrected chi connectivity index (χ1v) is 5.83. The van der Waals surface area contributed by atoms with Gasteiger partial charge < -0.3 is 15.1 Å². The van der Waals surface area contributed by atoms with Gasteiger partial charge >= 0.3 is 0 Å². The van der Waals surface area contributed by atoms with Crippen LogP contribution in [0.4, 0.5) is 5.88 Å². The molecular weight excluding hydrogens is 188 g/mol. The van der Waals surface area contributed by atoms with E-state index in [4.69, 9.17) is 10.2 Å². The summed E-state index contributed by atoms with van der Waals surface area (Å²) in [7, 11) is 0. The molecule has 1 saturated heterocycles. The van der Waals surface area contributed by atoms with Gasteiger partial charge in [0, 0.05) is 25.6 Å². The Kier molecular flexibility index (Phi) is 3.31. The topological polar surface area (TPSA) is 42.4 Å². The molecule has 2 N–H and O–H groups in total. The van der Waals surface area contributed by atoms with Crippen molar-refractivity contribution in [2.75, 3.05) is 24.5 Å². The van der Waals surface area contributed by atoms with Crippen molar-refractivity contribution in [1.29, 1.82) is 0 Å². The van der Waals surface area contributed by atoms with Crippen molar-refractivity contribution >= 4 is 5.88 Å². The number of hydrogen-bond acceptors (Lipinski definition) is 3. The zero-order valence-electron chi connectivity index (χ0n) is 9.41. The van der Waals surface area contributed by atoms with E-state index in [-0.39, 0.29) is 0 Å². The summed E-state index contributed by atoms with van der Waals surface area (Å²) in [6.45, 7) is 5.22. The maximum Gasteiger partial charge on any atom is 0.195 e. The summed E-state index contributed by atoms with van der Waals surface area (Å²) in [4.78, 5) is 2.33. The molecule has 15 heavy (non-hydrogen) atoms. The number of piperidine rings is 1. The average Bonchev–Trinajstić information content (AvgIpc) is 2.68. The van der Waals surface area contributed by atoms with Gasteiger partial charge in [-0.05, 0) is 31.4 Å². The predicted octanol–water partition coefficient (Wildman–Crippen LogP) is 2.02. The van der Waals surface area contributed by atoms with Crippen molar-refractivity contribution in [1.82, 2.24) is 0 Å². The second kappa shape index (κ2) is 4.71. The van der Waals surface area contributed by atoms with Crippen LogP contribution in [0.3, 0.4) is 0 Å². The molecule has 0 radical (unpaired) electrons. The lowest BCUT2D eigenvalue weighted by Gasteiger charge is -2.29. The highest BCUT2D eigenvalue weighted by Crippen LogP contribution is 2.24. The zero-order valence-corrected chi connectivity index (χ0v) is 9.41. The molecule has 84 valence electrons. The van der Waals surface area contributed by atoms with Gasteiger partial charge in [0.1, 0.15) is 5.76 Å². The molecule has 2 heterocycles. The van der Waals surface area contributed by atoms with E-state index in [1.165, 1.54) is 12.8 Å². The minimum absolute atomic E-state index is 0.657. The van der Waals surface area contributed by atoms with Crippen molar-refractivity contribution in [2.45, 2.75) is 26.2 Å². The summed E-state index contributed by atoms with van der Waals surface area (Å²) in [5.74, 6) is 2.89. The Morgan fingerprint density at radius 1 is 1.40 bits per heavy atom. The lowest BCUT2D eigenvalue weighted by Crippen LogP contribution is -2.32. The third-order valence-electron chi connectivity index (χ3n) is 3.13. The SMILES string of the molecule is CC1CCN(c2ccc(CCN)o2)CC1. The molecule has 1 aromatic heterocycles. The van der Waals surface area contributed by atoms with Gasteiger partial charge in [-0.3, -0.25) is 0 Å². The second-order valence-corrected chi connectivity index (χ2v) is 4.45. The highest BCUT2D eigenvalue weighted by Gasteiger charge is 2.18. The Hall–Kier alpha value is -0.960. The number of furan rings is 1. The average molecular weight is 208 g/mol. The fourth-order valence-electron chi connectivity index (χ4n) is 2.04. The molecule has 0 unspecified atom stereocenters. The molecule has 1 aromatic rings. The molecule has 2 rings (SSSR count). The molecule has 0 bridgehead atoms. The Bertz CT molecular complexity index is 300. The van der Waals surface area contributed by atoms with Crippen molar-refractivity contribution in [3.8, 4) is 0 Å². The van der Waals surface area contributed by atoms with Crippen LogP contribution in [0.1, 0.15) is 25.5 Å². The van der Waals surface area contributed by atoms with Crippen LogP contribution >= 0.6 is 0 Å². The molecule has 0 amide bonds. The van der Waals surface area contributed by atoms with Crippen molar-refractivity contribution in [2.24, 2.45) is 11.7 Å². The summed E-state index contributed by atoms with van der Waals surface area (Å²) in [6.07, 6.45) is 3.38. The normalized spacial score (nSPS) is 18.4. The standard InChI is InChI=1S/C12H20N2O/c1-10-5-8-14(9-6-10)12-3-2-11(15-12)4-7-13/h2-3,10H,4-9,13H2,1H3. The van der Waals surface area contributed by atoms with Crippen LogP contribution < -0.4 is 10.6 Å². The van der Waals surface area contributed by atoms with Crippen LogP contribution in [0.25, 0.3) is 0 Å². The Morgan fingerprint density at radius 3 is 2.80 bits per heavy atom. The van der Waals surface area contributed by atoms with E-state index in [0.29, 0.717) is 6.54 Å². The first-order chi connectivity index (χ1) is 7.29. The van der Waals surface area contributed by atoms with Gasteiger partial charge in [-0.25, -0.2) is 0 Å². The first-order valence-electron chi connectivity index (χ1n) is 5.83. The van der Waals surface area contributed by atoms with Gasteiger partial charge in [-0.15, -0.1) is 0 Å². The van der Waals surface area contributed by atoms with E-state index < -0.39 is 0 Å². The second-order valence-electron chi connectivity index (χ2n) is 4.45. The summed E-state index contributed by atoms with van der Waals surface area (Å²) in [5.41, 5.74) is 5.49. The maximum atomic E-state index is 5.74. The molecule has 1 fully saturated rings. The molecule has 0 aliphatic carbocycles. The number of anilines is 1. The fourth-order valence-corrected chi connectivity index (χ4v) is 2.04. The van der Waals surface area contributed by atoms with Crippen LogP contribution in [0, 0.1) is 5.92 Å². The third-order valence-corrected chi connectivity index (χ3v) is 3.13. The van der Waals surface area contributed by atoms with Gasteiger partial charge in [-0.1, -0.05) is 6.92 Å². The highest BCUT2D eigenvalue weighted by molar-refractivity contribution is 5.36. The molecule has 1 aliphatic heterocycles. The number of nitrogens with zero attached hydrogens (tertiary/aromatic N) is 1. The molecule has 1 aliphatic rings. The quantitative estimate of drug-likeness (QED) is 0.826. The van der Waals surface area contributed by atoms with E-state index in [9.17, 15) is 0 Å². The summed E-state index contributed by atoms with van der Waals surface area (Å²) in [5, 5.41) is 0. The van der Waals surface area contributed by atoms with Gasteiger partial charge in [0.25, 0.3) is 0 Å². The van der Waals surface area contributed by atoms with Crippen LogP contribution in [-0.4, -0.2) is 19.6 Å². The number of hydrogen-bond donors (Lipinski definition) is 1. The number of rotatable bonds is 3. The lowest BCUT2D eigenvalue weighted by molar-refractivity contribution is 0.410. The minimum Gasteiger partial charge on any atom is -0.446 e. The van der Waals surface area contributed by atoms with E-state index >= 15 is 0 Å². The first kappa shape index (κ1) is 10.6. The lowest BCUT2D eigenvalue weighted by atomic mass is 9.99. The van der Waals surface area contributed by atoms with Crippen LogP contribution in [0.2, 0.25) is 0 Å². The van der Waals surface area contributed by atoms with Crippen LogP contribution in [0.15, 0.2) is 16.5 Å². The Morgan fingerprint density at radius 2 is 2.13 bits per heavy atom. The van der Waals surface area contributed by atoms with Crippen LogP contribution in [-0.2, 0) is 6.42 Å². The minimum atomic E-state index is 0.657. The van der Waals surface area contributed by atoms with E-state index in [2.05, 4.69) is 17.9 Å². The van der Waals surface area contributed by atoms with Crippen molar-refractivity contribution < 1.29 is 4.42 Å². The maximum absolute atomic E-state index is 5.74. The van der Waals surface area contributed by atoms with E-state index in [1.54, 1.807) is 0 Å². The summed E-state index contributed by atoms with van der Waals surface area (Å²) < 4.78 is 5.74. The fraction of sp³-hybridized carbons (Fsp3) is 0.667. The molecule has 0 saturated carbocycles. The Balaban J connectivity index is 1.96. The molecule has 3 heteroatoms. The predicted molar refractivity (Wildman–Crippen MR) is 62.1 cm³/mol. The Labute approximate surface area is 91.2 Å². The molecule has 0 aromatic carbocycles. The smallest absolute Gasteiger partial charge is 0.195 e. The molecule has 0 atom stereocenters. The summed E-state index contributed by atoms with van der Waals surface area (Å²) >= 11 is 0. The van der Waals surface area contributed by atoms with Crippen molar-refractivity contribution in [3.63, 3.8) is 0 Å². The van der Waals surface area contributed by atoms with E-state index in [1.807, 2.05) is 6.07 Å². The van der Waals surface area contributed by atoms with Gasteiger partial charge in [0.05, 0.1) is 0 Å². The molecular formula is C12H20N2O. The van der Waals surface area contributed by atoms with Gasteiger partial charge in [0.2, 0.25) is 0 Å².